The highest BCUT2D eigenvalue weighted by Gasteiger charge is 2.18. The van der Waals surface area contributed by atoms with Crippen molar-refractivity contribution in [2.24, 2.45) is 0 Å². The number of halogens is 1. The van der Waals surface area contributed by atoms with Crippen molar-refractivity contribution < 1.29 is 19.0 Å². The third-order valence-electron chi connectivity index (χ3n) is 3.35. The predicted octanol–water partition coefficient (Wildman–Crippen LogP) is 2.90. The molecule has 0 amide bonds. The standard InChI is InChI=1S/C16H12FNO4/c1-7-4-9-13(20)14(21)15(22-16(9)11(18)5-7)8-2-3-12(19)10(17)6-8/h2-6,19,21H,18H2,1H3. The Morgan fingerprint density at radius 3 is 2.59 bits per heavy atom. The molecular formula is C16H12FNO4. The first-order valence-corrected chi connectivity index (χ1v) is 6.43. The number of aryl methyl sites for hydroxylation is 1. The summed E-state index contributed by atoms with van der Waals surface area (Å²) in [5, 5.41) is 19.4. The SMILES string of the molecule is Cc1cc(N)c2oc(-c3ccc(O)c(F)c3)c(O)c(=O)c2c1. The van der Waals surface area contributed by atoms with Gasteiger partial charge < -0.3 is 20.4 Å². The molecule has 0 saturated heterocycles. The summed E-state index contributed by atoms with van der Waals surface area (Å²) in [4.78, 5) is 12.3. The highest BCUT2D eigenvalue weighted by molar-refractivity contribution is 5.90. The molecule has 3 rings (SSSR count). The summed E-state index contributed by atoms with van der Waals surface area (Å²) >= 11 is 0. The minimum absolute atomic E-state index is 0.117. The van der Waals surface area contributed by atoms with Crippen LogP contribution in [-0.4, -0.2) is 10.2 Å². The van der Waals surface area contributed by atoms with Crippen LogP contribution in [0.1, 0.15) is 5.56 Å². The van der Waals surface area contributed by atoms with Gasteiger partial charge in [0.2, 0.25) is 11.2 Å². The van der Waals surface area contributed by atoms with E-state index in [0.717, 1.165) is 17.7 Å². The van der Waals surface area contributed by atoms with E-state index in [2.05, 4.69) is 0 Å². The van der Waals surface area contributed by atoms with Crippen molar-refractivity contribution in [3.63, 3.8) is 0 Å². The zero-order valence-corrected chi connectivity index (χ0v) is 11.6. The first-order valence-electron chi connectivity index (χ1n) is 6.43. The number of phenolic OH excluding ortho intramolecular Hbond substituents is 1. The van der Waals surface area contributed by atoms with Crippen molar-refractivity contribution >= 4 is 16.7 Å². The molecule has 1 aromatic heterocycles. The van der Waals surface area contributed by atoms with Crippen molar-refractivity contribution in [3.05, 3.63) is 51.9 Å². The Morgan fingerprint density at radius 2 is 1.91 bits per heavy atom. The van der Waals surface area contributed by atoms with Gasteiger partial charge >= 0.3 is 0 Å². The molecule has 5 nitrogen and oxygen atoms in total. The molecule has 0 unspecified atom stereocenters. The third-order valence-corrected chi connectivity index (χ3v) is 3.35. The Morgan fingerprint density at radius 1 is 1.18 bits per heavy atom. The van der Waals surface area contributed by atoms with Crippen LogP contribution in [0.15, 0.2) is 39.5 Å². The molecule has 22 heavy (non-hydrogen) atoms. The van der Waals surface area contributed by atoms with E-state index in [1.165, 1.54) is 6.07 Å². The van der Waals surface area contributed by atoms with Crippen LogP contribution in [0.5, 0.6) is 11.5 Å². The number of fused-ring (bicyclic) bond motifs is 1. The van der Waals surface area contributed by atoms with Crippen molar-refractivity contribution in [1.29, 1.82) is 0 Å². The Hall–Kier alpha value is -3.02. The zero-order valence-electron chi connectivity index (χ0n) is 11.6. The topological polar surface area (TPSA) is 96.7 Å². The first-order chi connectivity index (χ1) is 10.4. The molecule has 0 saturated carbocycles. The molecule has 112 valence electrons. The minimum Gasteiger partial charge on any atom is -0.505 e. The maximum Gasteiger partial charge on any atom is 0.235 e. The second-order valence-electron chi connectivity index (χ2n) is 5.01. The fraction of sp³-hybridized carbons (Fsp3) is 0.0625. The van der Waals surface area contributed by atoms with Crippen LogP contribution in [0.2, 0.25) is 0 Å². The van der Waals surface area contributed by atoms with Gasteiger partial charge in [0.25, 0.3) is 0 Å². The van der Waals surface area contributed by atoms with Crippen molar-refractivity contribution in [3.8, 4) is 22.8 Å². The highest BCUT2D eigenvalue weighted by atomic mass is 19.1. The summed E-state index contributed by atoms with van der Waals surface area (Å²) in [6.45, 7) is 1.76. The molecule has 0 radical (unpaired) electrons. The summed E-state index contributed by atoms with van der Waals surface area (Å²) in [6.07, 6.45) is 0. The molecule has 0 aliphatic heterocycles. The largest absolute Gasteiger partial charge is 0.505 e. The maximum absolute atomic E-state index is 13.5. The molecule has 2 aromatic carbocycles. The number of aromatic hydroxyl groups is 2. The van der Waals surface area contributed by atoms with Gasteiger partial charge in [0, 0.05) is 5.56 Å². The van der Waals surface area contributed by atoms with E-state index < -0.39 is 22.7 Å². The van der Waals surface area contributed by atoms with Crippen LogP contribution in [0.3, 0.4) is 0 Å². The molecular weight excluding hydrogens is 289 g/mol. The summed E-state index contributed by atoms with van der Waals surface area (Å²) in [5.74, 6) is -2.27. The van der Waals surface area contributed by atoms with Crippen LogP contribution in [0.25, 0.3) is 22.3 Å². The van der Waals surface area contributed by atoms with Crippen LogP contribution in [0.4, 0.5) is 10.1 Å². The maximum atomic E-state index is 13.5. The van der Waals surface area contributed by atoms with Gasteiger partial charge in [-0.1, -0.05) is 0 Å². The van der Waals surface area contributed by atoms with Gasteiger partial charge in [0.15, 0.2) is 22.9 Å². The molecule has 4 N–H and O–H groups in total. The second-order valence-corrected chi connectivity index (χ2v) is 5.01. The fourth-order valence-electron chi connectivity index (χ4n) is 2.31. The molecule has 0 bridgehead atoms. The lowest BCUT2D eigenvalue weighted by Crippen LogP contribution is -2.04. The third kappa shape index (κ3) is 2.05. The summed E-state index contributed by atoms with van der Waals surface area (Å²) in [5.41, 5.74) is 6.43. The molecule has 0 fully saturated rings. The van der Waals surface area contributed by atoms with Gasteiger partial charge in [-0.05, 0) is 42.8 Å². The Bertz CT molecular complexity index is 962. The van der Waals surface area contributed by atoms with Crippen LogP contribution in [-0.2, 0) is 0 Å². The van der Waals surface area contributed by atoms with Crippen LogP contribution >= 0.6 is 0 Å². The van der Waals surface area contributed by atoms with Gasteiger partial charge in [-0.3, -0.25) is 4.79 Å². The minimum atomic E-state index is -0.892. The smallest absolute Gasteiger partial charge is 0.235 e. The monoisotopic (exact) mass is 301 g/mol. The van der Waals surface area contributed by atoms with E-state index in [9.17, 15) is 19.4 Å². The van der Waals surface area contributed by atoms with E-state index >= 15 is 0 Å². The normalized spacial score (nSPS) is 11.0. The number of phenols is 1. The number of nitrogen functional groups attached to an aromatic ring is 1. The number of anilines is 1. The quantitative estimate of drug-likeness (QED) is 0.600. The van der Waals surface area contributed by atoms with E-state index in [0.29, 0.717) is 0 Å². The molecule has 0 aliphatic carbocycles. The summed E-state index contributed by atoms with van der Waals surface area (Å²) < 4.78 is 19.0. The Kier molecular flexibility index (Phi) is 3.02. The molecule has 0 spiro atoms. The molecule has 1 heterocycles. The summed E-state index contributed by atoms with van der Waals surface area (Å²) in [7, 11) is 0. The number of rotatable bonds is 1. The van der Waals surface area contributed by atoms with Gasteiger partial charge in [0.05, 0.1) is 11.1 Å². The summed E-state index contributed by atoms with van der Waals surface area (Å²) in [6, 6.07) is 6.57. The second kappa shape index (κ2) is 4.77. The number of benzene rings is 2. The molecule has 3 aromatic rings. The van der Waals surface area contributed by atoms with E-state index in [1.807, 2.05) is 0 Å². The highest BCUT2D eigenvalue weighted by Crippen LogP contribution is 2.34. The van der Waals surface area contributed by atoms with E-state index in [1.54, 1.807) is 19.1 Å². The van der Waals surface area contributed by atoms with Crippen molar-refractivity contribution in [2.75, 3.05) is 5.73 Å². The zero-order chi connectivity index (χ0) is 16.0. The van der Waals surface area contributed by atoms with Gasteiger partial charge in [-0.15, -0.1) is 0 Å². The predicted molar refractivity (Wildman–Crippen MR) is 80.4 cm³/mol. The lowest BCUT2D eigenvalue weighted by atomic mass is 10.1. The van der Waals surface area contributed by atoms with Crippen LogP contribution in [0, 0.1) is 12.7 Å². The number of nitrogens with two attached hydrogens (primary N) is 1. The number of hydrogen-bond acceptors (Lipinski definition) is 5. The van der Waals surface area contributed by atoms with Crippen molar-refractivity contribution in [1.82, 2.24) is 0 Å². The molecule has 0 atom stereocenters. The van der Waals surface area contributed by atoms with Crippen molar-refractivity contribution in [2.45, 2.75) is 6.92 Å². The lowest BCUT2D eigenvalue weighted by Gasteiger charge is -2.09. The van der Waals surface area contributed by atoms with E-state index in [-0.39, 0.29) is 28.0 Å². The van der Waals surface area contributed by atoms with Gasteiger partial charge in [0.1, 0.15) is 0 Å². The molecule has 6 heteroatoms. The van der Waals surface area contributed by atoms with Gasteiger partial charge in [-0.2, -0.15) is 0 Å². The fourth-order valence-corrected chi connectivity index (χ4v) is 2.31. The first kappa shape index (κ1) is 13.9. The van der Waals surface area contributed by atoms with Gasteiger partial charge in [-0.25, -0.2) is 4.39 Å². The lowest BCUT2D eigenvalue weighted by molar-refractivity contribution is 0.431. The average Bonchev–Trinajstić information content (AvgIpc) is 2.46. The Labute approximate surface area is 124 Å². The molecule has 0 aliphatic rings. The van der Waals surface area contributed by atoms with Crippen LogP contribution < -0.4 is 11.2 Å². The average molecular weight is 301 g/mol. The Balaban J connectivity index is 2.38. The van der Waals surface area contributed by atoms with E-state index in [4.69, 9.17) is 10.2 Å². The number of hydrogen-bond donors (Lipinski definition) is 3.